The van der Waals surface area contributed by atoms with Crippen LogP contribution in [0.25, 0.3) is 11.4 Å². The van der Waals surface area contributed by atoms with Crippen LogP contribution in [0, 0.1) is 12.7 Å². The molecule has 0 spiro atoms. The molecule has 2 bridgehead atoms. The van der Waals surface area contributed by atoms with Gasteiger partial charge in [0, 0.05) is 63.3 Å². The Hall–Kier alpha value is -5.47. The molecule has 0 saturated heterocycles. The number of aromatic nitrogens is 5. The first-order chi connectivity index (χ1) is 23.2. The molecular weight excluding hydrogens is 625 g/mol. The van der Waals surface area contributed by atoms with Crippen LogP contribution in [0.3, 0.4) is 0 Å². The summed E-state index contributed by atoms with van der Waals surface area (Å²) in [6.45, 7) is 3.91. The molecule has 5 rings (SSSR count). The van der Waals surface area contributed by atoms with Gasteiger partial charge >= 0.3 is 6.01 Å². The second-order valence-electron chi connectivity index (χ2n) is 10.9. The van der Waals surface area contributed by atoms with Gasteiger partial charge in [0.05, 0.1) is 20.8 Å². The predicted molar refractivity (Wildman–Crippen MR) is 173 cm³/mol. The largest absolute Gasteiger partial charge is 0.493 e. The van der Waals surface area contributed by atoms with Crippen molar-refractivity contribution < 1.29 is 38.1 Å². The van der Waals surface area contributed by atoms with Crippen molar-refractivity contribution in [3.63, 3.8) is 0 Å². The third-order valence-corrected chi connectivity index (χ3v) is 7.76. The topological polar surface area (TPSA) is 154 Å². The summed E-state index contributed by atoms with van der Waals surface area (Å²) in [6, 6.07) is 10.3. The number of halogens is 1. The number of hydrogen-bond acceptors (Lipinski definition) is 9. The molecule has 1 N–H and O–H groups in total. The van der Waals surface area contributed by atoms with Crippen LogP contribution < -0.4 is 14.2 Å². The van der Waals surface area contributed by atoms with E-state index >= 15 is 0 Å². The van der Waals surface area contributed by atoms with E-state index < -0.39 is 0 Å². The highest BCUT2D eigenvalue weighted by molar-refractivity contribution is 5.94. The maximum atomic E-state index is 13.9. The van der Waals surface area contributed by atoms with Gasteiger partial charge in [-0.15, -0.1) is 5.10 Å². The van der Waals surface area contributed by atoms with Crippen LogP contribution in [0.4, 0.5) is 4.39 Å². The lowest BCUT2D eigenvalue weighted by molar-refractivity contribution is -0.122. The number of hydrogen-bond donors (Lipinski definition) is 1. The van der Waals surface area contributed by atoms with Crippen LogP contribution in [0.1, 0.15) is 45.8 Å². The summed E-state index contributed by atoms with van der Waals surface area (Å²) in [5.41, 5.74) is 1.67. The summed E-state index contributed by atoms with van der Waals surface area (Å²) in [5.74, 6) is 1.07. The second-order valence-corrected chi connectivity index (χ2v) is 10.9. The van der Waals surface area contributed by atoms with Crippen LogP contribution in [-0.2, 0) is 18.4 Å². The highest BCUT2D eigenvalue weighted by Crippen LogP contribution is 2.32. The molecule has 0 atom stereocenters. The van der Waals surface area contributed by atoms with Crippen molar-refractivity contribution in [3.05, 3.63) is 71.6 Å². The molecule has 4 aromatic rings. The van der Waals surface area contributed by atoms with E-state index in [1.165, 1.54) is 23.9 Å². The van der Waals surface area contributed by atoms with Gasteiger partial charge in [-0.25, -0.2) is 14.1 Å². The lowest BCUT2D eigenvalue weighted by atomic mass is 10.1. The Morgan fingerprint density at radius 1 is 0.958 bits per heavy atom. The number of carbonyl (C=O) groups is 3. The molecule has 2 aromatic carbocycles. The third-order valence-electron chi connectivity index (χ3n) is 7.76. The average Bonchev–Trinajstić information content (AvgIpc) is 3.72. The standard InChI is InChI=1S/C32H38FN7O5.CH2O2/c1-22-20-24(8-10-25(22)33)30(41)39-13-5-6-14-40(31(42)28-35-32(44-4)37(2)36-28)18-17-38-16-12-34-29(38)23-9-11-26(43-3)27(21-23)45-19-7-15-39;2-1-3/h8-12,16,20-21H,5-7,13-15,17-19H2,1-4H3;1H,(H,2,3). The highest BCUT2D eigenvalue weighted by atomic mass is 19.1. The van der Waals surface area contributed by atoms with E-state index in [9.17, 15) is 14.0 Å². The Labute approximate surface area is 277 Å². The fourth-order valence-electron chi connectivity index (χ4n) is 5.32. The maximum absolute atomic E-state index is 13.9. The van der Waals surface area contributed by atoms with Crippen LogP contribution in [0.2, 0.25) is 0 Å². The molecule has 1 aliphatic rings. The number of methoxy groups -OCH3 is 2. The molecule has 0 fully saturated rings. The lowest BCUT2D eigenvalue weighted by Gasteiger charge is -2.25. The van der Waals surface area contributed by atoms with Gasteiger partial charge in [0.2, 0.25) is 5.82 Å². The van der Waals surface area contributed by atoms with E-state index in [0.29, 0.717) is 81.2 Å². The van der Waals surface area contributed by atoms with Crippen molar-refractivity contribution in [2.75, 3.05) is 47.0 Å². The van der Waals surface area contributed by atoms with Gasteiger partial charge in [-0.05, 0) is 68.1 Å². The van der Waals surface area contributed by atoms with E-state index in [-0.39, 0.29) is 35.9 Å². The average molecular weight is 666 g/mol. The van der Waals surface area contributed by atoms with E-state index in [1.807, 2.05) is 29.0 Å². The smallest absolute Gasteiger partial charge is 0.314 e. The van der Waals surface area contributed by atoms with Gasteiger partial charge in [0.15, 0.2) is 11.5 Å². The Balaban J connectivity index is 0.00000167. The van der Waals surface area contributed by atoms with Crippen LogP contribution in [0.15, 0.2) is 48.8 Å². The van der Waals surface area contributed by atoms with E-state index in [2.05, 4.69) is 15.1 Å². The fourth-order valence-corrected chi connectivity index (χ4v) is 5.32. The number of amides is 2. The Morgan fingerprint density at radius 3 is 2.33 bits per heavy atom. The molecule has 15 heteroatoms. The Kier molecular flexibility index (Phi) is 12.5. The molecule has 2 aromatic heterocycles. The van der Waals surface area contributed by atoms with Crippen LogP contribution >= 0.6 is 0 Å². The van der Waals surface area contributed by atoms with E-state index in [1.54, 1.807) is 43.1 Å². The summed E-state index contributed by atoms with van der Waals surface area (Å²) < 4.78 is 34.3. The molecule has 0 aliphatic carbocycles. The third kappa shape index (κ3) is 8.66. The molecule has 48 heavy (non-hydrogen) atoms. The van der Waals surface area contributed by atoms with Crippen LogP contribution in [0.5, 0.6) is 17.5 Å². The number of ether oxygens (including phenoxy) is 3. The van der Waals surface area contributed by atoms with Crippen molar-refractivity contribution in [2.45, 2.75) is 32.7 Å². The number of imidazole rings is 1. The highest BCUT2D eigenvalue weighted by Gasteiger charge is 2.23. The van der Waals surface area contributed by atoms with E-state index in [0.717, 1.165) is 11.4 Å². The molecule has 256 valence electrons. The second kappa shape index (κ2) is 16.9. The normalized spacial score (nSPS) is 14.0. The zero-order valence-corrected chi connectivity index (χ0v) is 27.5. The summed E-state index contributed by atoms with van der Waals surface area (Å²) in [5, 5.41) is 11.1. The zero-order chi connectivity index (χ0) is 34.6. The molecule has 2 amide bonds. The number of nitrogens with zero attached hydrogens (tertiary/aromatic N) is 7. The van der Waals surface area contributed by atoms with Crippen molar-refractivity contribution in [3.8, 4) is 28.9 Å². The fraction of sp³-hybridized carbons (Fsp3) is 0.394. The molecule has 1 aliphatic heterocycles. The minimum atomic E-state index is -0.355. The van der Waals surface area contributed by atoms with Crippen LogP contribution in [-0.4, -0.2) is 105 Å². The summed E-state index contributed by atoms with van der Waals surface area (Å²) in [6.07, 6.45) is 5.43. The number of benzene rings is 2. The number of fused-ring (bicyclic) bond motifs is 4. The molecule has 3 heterocycles. The SMILES string of the molecule is COc1ccc2cc1OCCCN(C(=O)c1ccc(F)c(C)c1)CCCCN(C(=O)c1nc(OC)n(C)n1)CCn1ccnc1-2.O=CO. The monoisotopic (exact) mass is 665 g/mol. The molecule has 0 saturated carbocycles. The first-order valence-electron chi connectivity index (χ1n) is 15.4. The minimum absolute atomic E-state index is 0.0477. The first-order valence-corrected chi connectivity index (χ1v) is 15.4. The van der Waals surface area contributed by atoms with Gasteiger partial charge in [-0.1, -0.05) is 0 Å². The maximum Gasteiger partial charge on any atom is 0.314 e. The number of rotatable bonds is 4. The van der Waals surface area contributed by atoms with Gasteiger partial charge in [-0.2, -0.15) is 4.98 Å². The predicted octanol–water partition coefficient (Wildman–Crippen LogP) is 3.69. The quantitative estimate of drug-likeness (QED) is 0.319. The van der Waals surface area contributed by atoms with Crippen molar-refractivity contribution in [2.24, 2.45) is 7.05 Å². The summed E-state index contributed by atoms with van der Waals surface area (Å²) in [7, 11) is 4.73. The van der Waals surface area contributed by atoms with Crippen molar-refractivity contribution >= 4 is 18.3 Å². The molecule has 14 nitrogen and oxygen atoms in total. The summed E-state index contributed by atoms with van der Waals surface area (Å²) >= 11 is 0. The zero-order valence-electron chi connectivity index (χ0n) is 27.5. The summed E-state index contributed by atoms with van der Waals surface area (Å²) in [4.78, 5) is 47.8. The lowest BCUT2D eigenvalue weighted by Crippen LogP contribution is -2.37. The Morgan fingerprint density at radius 2 is 1.67 bits per heavy atom. The van der Waals surface area contributed by atoms with Crippen molar-refractivity contribution in [1.82, 2.24) is 34.1 Å². The number of carbonyl (C=O) groups excluding carboxylic acids is 2. The van der Waals surface area contributed by atoms with Gasteiger partial charge in [0.1, 0.15) is 11.6 Å². The first kappa shape index (κ1) is 35.4. The van der Waals surface area contributed by atoms with Gasteiger partial charge in [-0.3, -0.25) is 14.4 Å². The minimum Gasteiger partial charge on any atom is -0.493 e. The molecule has 0 unspecified atom stereocenters. The number of aryl methyl sites for hydroxylation is 2. The van der Waals surface area contributed by atoms with Gasteiger partial charge in [0.25, 0.3) is 18.3 Å². The van der Waals surface area contributed by atoms with Gasteiger partial charge < -0.3 is 33.7 Å². The molecule has 0 radical (unpaired) electrons. The number of carboxylic acid groups (broad SMARTS) is 1. The van der Waals surface area contributed by atoms with Crippen molar-refractivity contribution in [1.29, 1.82) is 0 Å². The Bertz CT molecular complexity index is 1710. The van der Waals surface area contributed by atoms with E-state index in [4.69, 9.17) is 24.1 Å². The molecular formula is C33H40FN7O7.